The number of imide groups is 1. The van der Waals surface area contributed by atoms with Crippen molar-refractivity contribution in [1.82, 2.24) is 0 Å². The summed E-state index contributed by atoms with van der Waals surface area (Å²) in [5.74, 6) is 0.398. The van der Waals surface area contributed by atoms with E-state index in [2.05, 4.69) is 0 Å². The first-order valence-electron chi connectivity index (χ1n) is 8.65. The van der Waals surface area contributed by atoms with Crippen LogP contribution in [-0.4, -0.2) is 36.7 Å². The Balaban J connectivity index is 2.11. The van der Waals surface area contributed by atoms with E-state index in [0.29, 0.717) is 22.8 Å². The molecule has 0 radical (unpaired) electrons. The highest BCUT2D eigenvalue weighted by atomic mass is 32.2. The average Bonchev–Trinajstić information content (AvgIpc) is 2.97. The minimum atomic E-state index is -0.522. The zero-order chi connectivity index (χ0) is 21.1. The van der Waals surface area contributed by atoms with Gasteiger partial charge in [-0.3, -0.25) is 19.7 Å². The van der Waals surface area contributed by atoms with Gasteiger partial charge >= 0.3 is 0 Å². The van der Waals surface area contributed by atoms with Gasteiger partial charge in [-0.1, -0.05) is 6.92 Å². The Labute approximate surface area is 171 Å². The number of hydrogen-bond acceptors (Lipinski definition) is 7. The lowest BCUT2D eigenvalue weighted by atomic mass is 10.1. The Hall–Kier alpha value is -3.33. The fraction of sp³-hybridized carbons (Fsp3) is 0.200. The average molecular weight is 414 g/mol. The summed E-state index contributed by atoms with van der Waals surface area (Å²) in [6.07, 6.45) is 0. The number of methoxy groups -OCH3 is 2. The largest absolute Gasteiger partial charge is 0.497 e. The molecule has 0 N–H and O–H groups in total. The third-order valence-electron chi connectivity index (χ3n) is 4.32. The number of thioether (sulfide) groups is 1. The Kier molecular flexibility index (Phi) is 5.88. The van der Waals surface area contributed by atoms with Gasteiger partial charge in [0.15, 0.2) is 0 Å². The molecule has 9 heteroatoms. The molecule has 0 fully saturated rings. The zero-order valence-corrected chi connectivity index (χ0v) is 16.8. The number of carbonyl (C=O) groups is 2. The summed E-state index contributed by atoms with van der Waals surface area (Å²) < 4.78 is 10.5. The van der Waals surface area contributed by atoms with Crippen LogP contribution in [0.4, 0.5) is 11.4 Å². The molecular weight excluding hydrogens is 396 g/mol. The number of nitrogens with zero attached hydrogens (tertiary/aromatic N) is 2. The van der Waals surface area contributed by atoms with Crippen LogP contribution in [0.25, 0.3) is 5.57 Å². The summed E-state index contributed by atoms with van der Waals surface area (Å²) in [6.45, 7) is 1.87. The highest BCUT2D eigenvalue weighted by molar-refractivity contribution is 8.04. The lowest BCUT2D eigenvalue weighted by molar-refractivity contribution is -0.384. The second-order valence-corrected chi connectivity index (χ2v) is 7.20. The second kappa shape index (κ2) is 8.36. The molecule has 0 aliphatic carbocycles. The molecule has 29 heavy (non-hydrogen) atoms. The molecule has 2 aromatic carbocycles. The standard InChI is InChI=1S/C20H18N2O6S/c1-4-29-18-17(12-5-7-13(8-6-12)22(25)26)19(23)21(20(18)24)15-11-14(27-2)9-10-16(15)28-3/h5-11H,4H2,1-3H3. The van der Waals surface area contributed by atoms with Crippen LogP contribution in [0.3, 0.4) is 0 Å². The smallest absolute Gasteiger partial charge is 0.272 e. The fourth-order valence-corrected chi connectivity index (χ4v) is 3.84. The molecule has 2 aromatic rings. The minimum absolute atomic E-state index is 0.0952. The maximum absolute atomic E-state index is 13.3. The minimum Gasteiger partial charge on any atom is -0.497 e. The van der Waals surface area contributed by atoms with E-state index in [4.69, 9.17) is 9.47 Å². The van der Waals surface area contributed by atoms with Gasteiger partial charge in [-0.25, -0.2) is 4.90 Å². The molecule has 0 atom stereocenters. The first kappa shape index (κ1) is 20.4. The SMILES string of the molecule is CCSC1=C(c2ccc([N+](=O)[O-])cc2)C(=O)N(c2cc(OC)ccc2OC)C1=O. The van der Waals surface area contributed by atoms with Gasteiger partial charge in [0, 0.05) is 18.2 Å². The summed E-state index contributed by atoms with van der Waals surface area (Å²) in [7, 11) is 2.93. The van der Waals surface area contributed by atoms with Crippen molar-refractivity contribution in [2.24, 2.45) is 0 Å². The number of benzene rings is 2. The summed E-state index contributed by atoms with van der Waals surface area (Å²) in [5.41, 5.74) is 0.825. The van der Waals surface area contributed by atoms with Crippen LogP contribution in [0.2, 0.25) is 0 Å². The molecule has 0 saturated carbocycles. The summed E-state index contributed by atoms with van der Waals surface area (Å²) in [5, 5.41) is 10.9. The topological polar surface area (TPSA) is 99.0 Å². The van der Waals surface area contributed by atoms with Crippen LogP contribution in [0, 0.1) is 10.1 Å². The van der Waals surface area contributed by atoms with Gasteiger partial charge in [0.1, 0.15) is 11.5 Å². The highest BCUT2D eigenvalue weighted by Gasteiger charge is 2.41. The number of nitro benzene ring substituents is 1. The van der Waals surface area contributed by atoms with Crippen LogP contribution in [-0.2, 0) is 9.59 Å². The Morgan fingerprint density at radius 1 is 1.03 bits per heavy atom. The number of nitro groups is 1. The van der Waals surface area contributed by atoms with Crippen LogP contribution in [0.1, 0.15) is 12.5 Å². The highest BCUT2D eigenvalue weighted by Crippen LogP contribution is 2.42. The van der Waals surface area contributed by atoms with E-state index < -0.39 is 16.7 Å². The first-order chi connectivity index (χ1) is 13.9. The molecule has 1 aliphatic rings. The quantitative estimate of drug-likeness (QED) is 0.387. The van der Waals surface area contributed by atoms with Crippen molar-refractivity contribution in [2.45, 2.75) is 6.92 Å². The number of carbonyl (C=O) groups excluding carboxylic acids is 2. The predicted molar refractivity (Wildman–Crippen MR) is 110 cm³/mol. The zero-order valence-electron chi connectivity index (χ0n) is 16.0. The van der Waals surface area contributed by atoms with Crippen molar-refractivity contribution >= 4 is 40.5 Å². The Morgan fingerprint density at radius 2 is 1.72 bits per heavy atom. The predicted octanol–water partition coefficient (Wildman–Crippen LogP) is 3.65. The molecular formula is C20H18N2O6S. The second-order valence-electron chi connectivity index (χ2n) is 5.92. The molecule has 0 aromatic heterocycles. The third kappa shape index (κ3) is 3.68. The number of rotatable bonds is 7. The van der Waals surface area contributed by atoms with E-state index in [9.17, 15) is 19.7 Å². The monoisotopic (exact) mass is 414 g/mol. The number of hydrogen-bond donors (Lipinski definition) is 0. The molecule has 0 spiro atoms. The third-order valence-corrected chi connectivity index (χ3v) is 5.28. The van der Waals surface area contributed by atoms with E-state index in [1.807, 2.05) is 6.92 Å². The van der Waals surface area contributed by atoms with Gasteiger partial charge in [0.2, 0.25) is 0 Å². The van der Waals surface area contributed by atoms with Crippen LogP contribution < -0.4 is 14.4 Å². The number of non-ortho nitro benzene ring substituents is 1. The van der Waals surface area contributed by atoms with Crippen molar-refractivity contribution in [2.75, 3.05) is 24.9 Å². The first-order valence-corrected chi connectivity index (χ1v) is 9.64. The van der Waals surface area contributed by atoms with E-state index in [1.165, 1.54) is 50.2 Å². The molecule has 3 rings (SSSR count). The molecule has 8 nitrogen and oxygen atoms in total. The van der Waals surface area contributed by atoms with Gasteiger partial charge in [-0.2, -0.15) is 0 Å². The van der Waals surface area contributed by atoms with Crippen molar-refractivity contribution in [3.8, 4) is 11.5 Å². The summed E-state index contributed by atoms with van der Waals surface area (Å²) in [6, 6.07) is 10.4. The van der Waals surface area contributed by atoms with Crippen LogP contribution >= 0.6 is 11.8 Å². The van der Waals surface area contributed by atoms with E-state index >= 15 is 0 Å². The number of amides is 2. The normalized spacial score (nSPS) is 13.8. The number of anilines is 1. The van der Waals surface area contributed by atoms with E-state index in [-0.39, 0.29) is 21.9 Å². The molecule has 0 bridgehead atoms. The van der Waals surface area contributed by atoms with Crippen LogP contribution in [0.15, 0.2) is 47.4 Å². The van der Waals surface area contributed by atoms with Crippen molar-refractivity contribution in [3.05, 3.63) is 63.0 Å². The van der Waals surface area contributed by atoms with E-state index in [0.717, 1.165) is 4.90 Å². The van der Waals surface area contributed by atoms with E-state index in [1.54, 1.807) is 18.2 Å². The van der Waals surface area contributed by atoms with Crippen molar-refractivity contribution in [3.63, 3.8) is 0 Å². The molecule has 0 saturated heterocycles. The van der Waals surface area contributed by atoms with Gasteiger partial charge in [-0.15, -0.1) is 11.8 Å². The van der Waals surface area contributed by atoms with Gasteiger partial charge in [0.25, 0.3) is 17.5 Å². The molecule has 150 valence electrons. The Bertz CT molecular complexity index is 1020. The molecule has 0 unspecified atom stereocenters. The molecule has 2 amide bonds. The molecule has 1 aliphatic heterocycles. The Morgan fingerprint density at radius 3 is 2.28 bits per heavy atom. The summed E-state index contributed by atoms with van der Waals surface area (Å²) in [4.78, 5) is 38.2. The summed E-state index contributed by atoms with van der Waals surface area (Å²) >= 11 is 1.25. The number of ether oxygens (including phenoxy) is 2. The lowest BCUT2D eigenvalue weighted by Crippen LogP contribution is -2.31. The maximum atomic E-state index is 13.3. The van der Waals surface area contributed by atoms with Crippen molar-refractivity contribution < 1.29 is 24.0 Å². The lowest BCUT2D eigenvalue weighted by Gasteiger charge is -2.19. The fourth-order valence-electron chi connectivity index (χ4n) is 2.98. The van der Waals surface area contributed by atoms with Crippen molar-refractivity contribution in [1.29, 1.82) is 0 Å². The molecule has 1 heterocycles. The van der Waals surface area contributed by atoms with Gasteiger partial charge in [0.05, 0.1) is 35.3 Å². The van der Waals surface area contributed by atoms with Crippen LogP contribution in [0.5, 0.6) is 11.5 Å². The maximum Gasteiger partial charge on any atom is 0.272 e. The van der Waals surface area contributed by atoms with Gasteiger partial charge in [-0.05, 0) is 35.6 Å². The van der Waals surface area contributed by atoms with Gasteiger partial charge < -0.3 is 9.47 Å².